The quantitative estimate of drug-likeness (QED) is 0.765. The first-order chi connectivity index (χ1) is 7.61. The maximum Gasteiger partial charge on any atom is 0.255 e. The minimum atomic E-state index is -0.588. The van der Waals surface area contributed by atoms with Crippen molar-refractivity contribution >= 4 is 29.1 Å². The molecule has 1 amide bonds. The van der Waals surface area contributed by atoms with Gasteiger partial charge in [-0.15, -0.1) is 11.6 Å². The van der Waals surface area contributed by atoms with Gasteiger partial charge >= 0.3 is 0 Å². The predicted octanol–water partition coefficient (Wildman–Crippen LogP) is 3.18. The van der Waals surface area contributed by atoms with E-state index in [0.29, 0.717) is 19.0 Å². The molecule has 1 aromatic rings. The van der Waals surface area contributed by atoms with Crippen LogP contribution in [-0.2, 0) is 0 Å². The van der Waals surface area contributed by atoms with Gasteiger partial charge in [0, 0.05) is 19.0 Å². The van der Waals surface area contributed by atoms with Crippen LogP contribution in [0.2, 0.25) is 5.02 Å². The van der Waals surface area contributed by atoms with Crippen LogP contribution in [0.1, 0.15) is 17.3 Å². The lowest BCUT2D eigenvalue weighted by molar-refractivity contribution is 0.0773. The number of hydrogen-bond donors (Lipinski definition) is 0. The Balaban J connectivity index is 2.99. The third-order valence-corrected chi connectivity index (χ3v) is 2.76. The normalized spacial score (nSPS) is 10.2. The largest absolute Gasteiger partial charge is 0.338 e. The fourth-order valence-corrected chi connectivity index (χ4v) is 1.76. The summed E-state index contributed by atoms with van der Waals surface area (Å²) in [5.41, 5.74) is 0.175. The summed E-state index contributed by atoms with van der Waals surface area (Å²) in [6.07, 6.45) is 0. The summed E-state index contributed by atoms with van der Waals surface area (Å²) in [4.78, 5) is 13.5. The molecule has 5 heteroatoms. The van der Waals surface area contributed by atoms with Crippen molar-refractivity contribution in [1.29, 1.82) is 0 Å². The molecule has 1 aromatic carbocycles. The Morgan fingerprint density at radius 3 is 2.75 bits per heavy atom. The molecular formula is C11H12Cl2FNO. The molecule has 0 atom stereocenters. The molecule has 88 valence electrons. The van der Waals surface area contributed by atoms with Gasteiger partial charge in [-0.1, -0.05) is 17.7 Å². The van der Waals surface area contributed by atoms with E-state index in [2.05, 4.69) is 0 Å². The molecule has 0 aliphatic heterocycles. The molecular weight excluding hydrogens is 252 g/mol. The van der Waals surface area contributed by atoms with Crippen LogP contribution in [0.15, 0.2) is 18.2 Å². The lowest BCUT2D eigenvalue weighted by Gasteiger charge is -2.20. The van der Waals surface area contributed by atoms with Crippen molar-refractivity contribution in [2.45, 2.75) is 6.92 Å². The summed E-state index contributed by atoms with van der Waals surface area (Å²) in [5, 5.41) is -0.138. The first-order valence-electron chi connectivity index (χ1n) is 4.91. The Bertz CT molecular complexity index is 384. The number of halogens is 3. The second-order valence-corrected chi connectivity index (χ2v) is 3.93. The second-order valence-electron chi connectivity index (χ2n) is 3.18. The van der Waals surface area contributed by atoms with Crippen molar-refractivity contribution in [1.82, 2.24) is 4.90 Å². The summed E-state index contributed by atoms with van der Waals surface area (Å²) < 4.78 is 13.2. The molecule has 0 fully saturated rings. The van der Waals surface area contributed by atoms with Crippen LogP contribution >= 0.6 is 23.2 Å². The molecule has 2 nitrogen and oxygen atoms in total. The van der Waals surface area contributed by atoms with E-state index >= 15 is 0 Å². The van der Waals surface area contributed by atoms with Gasteiger partial charge in [-0.3, -0.25) is 4.79 Å². The zero-order chi connectivity index (χ0) is 12.1. The van der Waals surface area contributed by atoms with Crippen LogP contribution in [0, 0.1) is 5.82 Å². The maximum atomic E-state index is 13.2. The van der Waals surface area contributed by atoms with Crippen LogP contribution in [0.5, 0.6) is 0 Å². The maximum absolute atomic E-state index is 13.2. The monoisotopic (exact) mass is 263 g/mol. The number of alkyl halides is 1. The Labute approximate surface area is 104 Å². The molecule has 0 saturated carbocycles. The van der Waals surface area contributed by atoms with E-state index in [4.69, 9.17) is 23.2 Å². The van der Waals surface area contributed by atoms with E-state index in [-0.39, 0.29) is 16.5 Å². The lowest BCUT2D eigenvalue weighted by Crippen LogP contribution is -2.32. The SMILES string of the molecule is CCN(CCCl)C(=O)c1cccc(F)c1Cl. The molecule has 0 unspecified atom stereocenters. The van der Waals surface area contributed by atoms with Crippen molar-refractivity contribution in [3.05, 3.63) is 34.6 Å². The van der Waals surface area contributed by atoms with Crippen LogP contribution in [0.25, 0.3) is 0 Å². The van der Waals surface area contributed by atoms with E-state index < -0.39 is 5.82 Å². The highest BCUT2D eigenvalue weighted by molar-refractivity contribution is 6.34. The summed E-state index contributed by atoms with van der Waals surface area (Å²) in [6, 6.07) is 4.19. The number of carbonyl (C=O) groups is 1. The molecule has 1 rings (SSSR count). The summed E-state index contributed by atoms with van der Waals surface area (Å²) >= 11 is 11.3. The van der Waals surface area contributed by atoms with Crippen molar-refractivity contribution in [3.63, 3.8) is 0 Å². The van der Waals surface area contributed by atoms with Gasteiger partial charge in [0.1, 0.15) is 5.82 Å². The topological polar surface area (TPSA) is 20.3 Å². The zero-order valence-electron chi connectivity index (χ0n) is 8.84. The number of hydrogen-bond acceptors (Lipinski definition) is 1. The van der Waals surface area contributed by atoms with E-state index in [9.17, 15) is 9.18 Å². The highest BCUT2D eigenvalue weighted by Gasteiger charge is 2.18. The highest BCUT2D eigenvalue weighted by Crippen LogP contribution is 2.21. The third kappa shape index (κ3) is 2.86. The first kappa shape index (κ1) is 13.3. The van der Waals surface area contributed by atoms with Gasteiger partial charge in [-0.05, 0) is 19.1 Å². The van der Waals surface area contributed by atoms with E-state index in [1.165, 1.54) is 23.1 Å². The highest BCUT2D eigenvalue weighted by atomic mass is 35.5. The number of rotatable bonds is 4. The van der Waals surface area contributed by atoms with Gasteiger partial charge < -0.3 is 4.90 Å². The van der Waals surface area contributed by atoms with E-state index in [1.807, 2.05) is 6.92 Å². The standard InChI is InChI=1S/C11H12Cl2FNO/c1-2-15(7-6-12)11(16)8-4-3-5-9(14)10(8)13/h3-5H,2,6-7H2,1H3. The first-order valence-corrected chi connectivity index (χ1v) is 5.82. The van der Waals surface area contributed by atoms with Gasteiger partial charge in [0.05, 0.1) is 10.6 Å². The smallest absolute Gasteiger partial charge is 0.255 e. The lowest BCUT2D eigenvalue weighted by atomic mass is 10.2. The molecule has 0 N–H and O–H groups in total. The Hall–Kier alpha value is -0.800. The molecule has 0 heterocycles. The molecule has 0 aromatic heterocycles. The number of benzene rings is 1. The van der Waals surface area contributed by atoms with Crippen LogP contribution in [0.4, 0.5) is 4.39 Å². The van der Waals surface area contributed by atoms with Gasteiger partial charge in [-0.2, -0.15) is 0 Å². The van der Waals surface area contributed by atoms with Crippen molar-refractivity contribution < 1.29 is 9.18 Å². The van der Waals surface area contributed by atoms with E-state index in [0.717, 1.165) is 0 Å². The number of carbonyl (C=O) groups excluding carboxylic acids is 1. The van der Waals surface area contributed by atoms with Crippen LogP contribution in [-0.4, -0.2) is 29.8 Å². The third-order valence-electron chi connectivity index (χ3n) is 2.21. The molecule has 0 bridgehead atoms. The van der Waals surface area contributed by atoms with Crippen molar-refractivity contribution in [3.8, 4) is 0 Å². The summed E-state index contributed by atoms with van der Waals surface area (Å²) in [5.74, 6) is -0.547. The Kier molecular flexibility index (Phi) is 5.03. The average molecular weight is 264 g/mol. The van der Waals surface area contributed by atoms with Crippen molar-refractivity contribution in [2.75, 3.05) is 19.0 Å². The van der Waals surface area contributed by atoms with Crippen molar-refractivity contribution in [2.24, 2.45) is 0 Å². The number of amides is 1. The number of nitrogens with zero attached hydrogens (tertiary/aromatic N) is 1. The zero-order valence-corrected chi connectivity index (χ0v) is 10.4. The Morgan fingerprint density at radius 1 is 1.50 bits per heavy atom. The fourth-order valence-electron chi connectivity index (χ4n) is 1.34. The molecule has 0 saturated heterocycles. The van der Waals surface area contributed by atoms with Crippen LogP contribution < -0.4 is 0 Å². The second kappa shape index (κ2) is 6.06. The predicted molar refractivity (Wildman–Crippen MR) is 63.7 cm³/mol. The minimum Gasteiger partial charge on any atom is -0.338 e. The Morgan fingerprint density at radius 2 is 2.19 bits per heavy atom. The van der Waals surface area contributed by atoms with Gasteiger partial charge in [-0.25, -0.2) is 4.39 Å². The van der Waals surface area contributed by atoms with Gasteiger partial charge in [0.25, 0.3) is 5.91 Å². The fraction of sp³-hybridized carbons (Fsp3) is 0.364. The summed E-state index contributed by atoms with van der Waals surface area (Å²) in [6.45, 7) is 2.76. The van der Waals surface area contributed by atoms with E-state index in [1.54, 1.807) is 0 Å². The summed E-state index contributed by atoms with van der Waals surface area (Å²) in [7, 11) is 0. The molecule has 16 heavy (non-hydrogen) atoms. The minimum absolute atomic E-state index is 0.138. The van der Waals surface area contributed by atoms with Gasteiger partial charge in [0.2, 0.25) is 0 Å². The molecule has 0 spiro atoms. The van der Waals surface area contributed by atoms with Crippen LogP contribution in [0.3, 0.4) is 0 Å². The molecule has 0 aliphatic rings. The molecule has 0 aliphatic carbocycles. The van der Waals surface area contributed by atoms with Gasteiger partial charge in [0.15, 0.2) is 0 Å². The molecule has 0 radical (unpaired) electrons. The average Bonchev–Trinajstić information content (AvgIpc) is 2.29.